The van der Waals surface area contributed by atoms with Crippen molar-refractivity contribution >= 4 is 5.78 Å². The molecule has 0 saturated heterocycles. The molecule has 104 valence electrons. The Bertz CT molecular complexity index is 597. The summed E-state index contributed by atoms with van der Waals surface area (Å²) < 4.78 is 5.24. The first-order valence-electron chi connectivity index (χ1n) is 7.05. The van der Waals surface area contributed by atoms with Gasteiger partial charge in [0.05, 0.1) is 0 Å². The zero-order chi connectivity index (χ0) is 13.9. The average molecular weight is 271 g/mol. The third-order valence-electron chi connectivity index (χ3n) is 3.84. The van der Waals surface area contributed by atoms with Gasteiger partial charge in [0.25, 0.3) is 0 Å². The van der Waals surface area contributed by atoms with Gasteiger partial charge in [-0.25, -0.2) is 4.98 Å². The Labute approximate surface area is 117 Å². The van der Waals surface area contributed by atoms with Gasteiger partial charge >= 0.3 is 5.95 Å². The normalized spacial score (nSPS) is 16.2. The van der Waals surface area contributed by atoms with Crippen molar-refractivity contribution in [2.45, 2.75) is 32.1 Å². The van der Waals surface area contributed by atoms with Crippen molar-refractivity contribution < 1.29 is 14.3 Å². The van der Waals surface area contributed by atoms with Crippen LogP contribution in [-0.2, 0) is 0 Å². The van der Waals surface area contributed by atoms with Gasteiger partial charge < -0.3 is 9.52 Å². The summed E-state index contributed by atoms with van der Waals surface area (Å²) in [5.41, 5.74) is 0.834. The minimum atomic E-state index is -0.362. The van der Waals surface area contributed by atoms with Crippen LogP contribution in [0.3, 0.4) is 0 Å². The highest BCUT2D eigenvalue weighted by Crippen LogP contribution is 2.32. The van der Waals surface area contributed by atoms with E-state index in [2.05, 4.69) is 4.98 Å². The summed E-state index contributed by atoms with van der Waals surface area (Å²) in [7, 11) is 0. The summed E-state index contributed by atoms with van der Waals surface area (Å²) >= 11 is 0. The van der Waals surface area contributed by atoms with Gasteiger partial charge in [-0.15, -0.1) is 0 Å². The van der Waals surface area contributed by atoms with Crippen LogP contribution in [0.2, 0.25) is 0 Å². The smallest absolute Gasteiger partial charge is 0.314 e. The molecular formula is C16H17NO3. The molecule has 20 heavy (non-hydrogen) atoms. The molecule has 0 bridgehead atoms. The molecule has 1 aliphatic carbocycles. The van der Waals surface area contributed by atoms with Crippen LogP contribution in [0.5, 0.6) is 5.95 Å². The Kier molecular flexibility index (Phi) is 3.54. The number of carbonyl (C=O) groups is 1. The van der Waals surface area contributed by atoms with E-state index >= 15 is 0 Å². The van der Waals surface area contributed by atoms with Crippen LogP contribution in [0.1, 0.15) is 42.6 Å². The number of rotatable bonds is 3. The Morgan fingerprint density at radius 3 is 2.55 bits per heavy atom. The van der Waals surface area contributed by atoms with Crippen molar-refractivity contribution in [2.24, 2.45) is 5.92 Å². The van der Waals surface area contributed by atoms with Crippen LogP contribution < -0.4 is 0 Å². The predicted molar refractivity (Wildman–Crippen MR) is 74.5 cm³/mol. The monoisotopic (exact) mass is 271 g/mol. The van der Waals surface area contributed by atoms with Gasteiger partial charge in [-0.3, -0.25) is 4.79 Å². The molecule has 1 heterocycles. The second-order valence-electron chi connectivity index (χ2n) is 5.24. The van der Waals surface area contributed by atoms with E-state index in [9.17, 15) is 9.90 Å². The van der Waals surface area contributed by atoms with Crippen molar-refractivity contribution in [3.8, 4) is 17.4 Å². The van der Waals surface area contributed by atoms with Gasteiger partial charge in [0.2, 0.25) is 5.89 Å². The van der Waals surface area contributed by atoms with Crippen LogP contribution in [0.15, 0.2) is 34.7 Å². The SMILES string of the molecule is O=C(c1nc(-c2ccccc2)oc1O)C1CCCCC1. The molecule has 0 aliphatic heterocycles. The lowest BCUT2D eigenvalue weighted by Crippen LogP contribution is -2.18. The molecule has 1 fully saturated rings. The van der Waals surface area contributed by atoms with E-state index < -0.39 is 0 Å². The molecule has 0 unspecified atom stereocenters. The van der Waals surface area contributed by atoms with Gasteiger partial charge in [-0.1, -0.05) is 37.5 Å². The minimum Gasteiger partial charge on any atom is -0.479 e. The Balaban J connectivity index is 1.87. The zero-order valence-corrected chi connectivity index (χ0v) is 11.2. The molecule has 4 nitrogen and oxygen atoms in total. The molecule has 0 spiro atoms. The number of carbonyl (C=O) groups excluding carboxylic acids is 1. The summed E-state index contributed by atoms with van der Waals surface area (Å²) in [5.74, 6) is -0.182. The molecular weight excluding hydrogens is 254 g/mol. The first-order chi connectivity index (χ1) is 9.75. The standard InChI is InChI=1S/C16H17NO3/c18-14(11-7-3-1-4-8-11)13-16(19)20-15(17-13)12-9-5-2-6-10-12/h2,5-6,9-11,19H,1,3-4,7-8H2. The number of oxazole rings is 1. The van der Waals surface area contributed by atoms with Gasteiger partial charge in [-0.2, -0.15) is 0 Å². The largest absolute Gasteiger partial charge is 0.479 e. The minimum absolute atomic E-state index is 0.0247. The maximum absolute atomic E-state index is 12.4. The Hall–Kier alpha value is -2.10. The van der Waals surface area contributed by atoms with Crippen molar-refractivity contribution in [3.63, 3.8) is 0 Å². The molecule has 0 radical (unpaired) electrons. The maximum atomic E-state index is 12.4. The van der Waals surface area contributed by atoms with E-state index in [4.69, 9.17) is 4.42 Å². The van der Waals surface area contributed by atoms with Crippen LogP contribution >= 0.6 is 0 Å². The second kappa shape index (κ2) is 5.49. The summed E-state index contributed by atoms with van der Waals surface area (Å²) in [5, 5.41) is 9.84. The summed E-state index contributed by atoms with van der Waals surface area (Å²) in [6.45, 7) is 0. The number of ketones is 1. The Morgan fingerprint density at radius 2 is 1.85 bits per heavy atom. The predicted octanol–water partition coefficient (Wildman–Crippen LogP) is 3.81. The fourth-order valence-electron chi connectivity index (χ4n) is 2.73. The van der Waals surface area contributed by atoms with Crippen LogP contribution in [-0.4, -0.2) is 15.9 Å². The molecule has 1 aliphatic rings. The van der Waals surface area contributed by atoms with E-state index in [1.165, 1.54) is 6.42 Å². The molecule has 0 atom stereocenters. The third kappa shape index (κ3) is 2.46. The van der Waals surface area contributed by atoms with Crippen molar-refractivity contribution in [1.82, 2.24) is 4.98 Å². The zero-order valence-electron chi connectivity index (χ0n) is 11.2. The molecule has 3 rings (SSSR count). The van der Waals surface area contributed by atoms with Gasteiger partial charge in [0.15, 0.2) is 11.5 Å². The third-order valence-corrected chi connectivity index (χ3v) is 3.84. The molecule has 1 N–H and O–H groups in total. The molecule has 4 heteroatoms. The van der Waals surface area contributed by atoms with Crippen LogP contribution in [0.25, 0.3) is 11.5 Å². The van der Waals surface area contributed by atoms with E-state index in [1.54, 1.807) is 0 Å². The summed E-state index contributed by atoms with van der Waals surface area (Å²) in [4.78, 5) is 16.6. The molecule has 1 aromatic carbocycles. The van der Waals surface area contributed by atoms with E-state index in [0.29, 0.717) is 5.89 Å². The number of aromatic hydroxyl groups is 1. The lowest BCUT2D eigenvalue weighted by molar-refractivity contribution is 0.0880. The van der Waals surface area contributed by atoms with Crippen LogP contribution in [0.4, 0.5) is 0 Å². The quantitative estimate of drug-likeness (QED) is 0.862. The van der Waals surface area contributed by atoms with Crippen LogP contribution in [0, 0.1) is 5.92 Å². The first kappa shape index (κ1) is 12.9. The van der Waals surface area contributed by atoms with Crippen molar-refractivity contribution in [3.05, 3.63) is 36.0 Å². The highest BCUT2D eigenvalue weighted by molar-refractivity contribution is 5.98. The molecule has 1 saturated carbocycles. The molecule has 2 aromatic rings. The van der Waals surface area contributed by atoms with E-state index in [-0.39, 0.29) is 23.3 Å². The first-order valence-corrected chi connectivity index (χ1v) is 7.05. The fourth-order valence-corrected chi connectivity index (χ4v) is 2.73. The van der Waals surface area contributed by atoms with Crippen molar-refractivity contribution in [2.75, 3.05) is 0 Å². The van der Waals surface area contributed by atoms with E-state index in [0.717, 1.165) is 31.2 Å². The van der Waals surface area contributed by atoms with Gasteiger partial charge in [0.1, 0.15) is 0 Å². The van der Waals surface area contributed by atoms with Gasteiger partial charge in [-0.05, 0) is 25.0 Å². The number of aromatic nitrogens is 1. The average Bonchev–Trinajstić information content (AvgIpc) is 2.90. The maximum Gasteiger partial charge on any atom is 0.314 e. The van der Waals surface area contributed by atoms with Crippen molar-refractivity contribution in [1.29, 1.82) is 0 Å². The van der Waals surface area contributed by atoms with E-state index in [1.807, 2.05) is 30.3 Å². The molecule has 1 aromatic heterocycles. The topological polar surface area (TPSA) is 63.3 Å². The summed E-state index contributed by atoms with van der Waals surface area (Å²) in [6.07, 6.45) is 5.09. The fraction of sp³-hybridized carbons (Fsp3) is 0.375. The molecule has 0 amide bonds. The highest BCUT2D eigenvalue weighted by atomic mass is 16.5. The Morgan fingerprint density at radius 1 is 1.15 bits per heavy atom. The number of hydrogen-bond acceptors (Lipinski definition) is 4. The summed E-state index contributed by atoms with van der Waals surface area (Å²) in [6, 6.07) is 9.28. The second-order valence-corrected chi connectivity index (χ2v) is 5.24. The number of nitrogens with zero attached hydrogens (tertiary/aromatic N) is 1. The van der Waals surface area contributed by atoms with Gasteiger partial charge in [0, 0.05) is 11.5 Å². The number of benzene rings is 1. The highest BCUT2D eigenvalue weighted by Gasteiger charge is 2.28. The lowest BCUT2D eigenvalue weighted by atomic mass is 9.85. The lowest BCUT2D eigenvalue weighted by Gasteiger charge is -2.18. The number of Topliss-reactive ketones (excluding diaryl/α,β-unsaturated/α-hetero) is 1. The number of hydrogen-bond donors (Lipinski definition) is 1.